The maximum atomic E-state index is 5.35. The van der Waals surface area contributed by atoms with Crippen molar-refractivity contribution in [3.8, 4) is 5.69 Å². The predicted octanol–water partition coefficient (Wildman–Crippen LogP) is 0.560. The zero-order valence-corrected chi connectivity index (χ0v) is 11.4. The van der Waals surface area contributed by atoms with Crippen LogP contribution in [0, 0.1) is 0 Å². The van der Waals surface area contributed by atoms with Crippen LogP contribution in [0.25, 0.3) is 5.69 Å². The molecule has 2 aromatic rings. The van der Waals surface area contributed by atoms with Crippen LogP contribution in [0.15, 0.2) is 30.6 Å². The molecule has 0 bridgehead atoms. The summed E-state index contributed by atoms with van der Waals surface area (Å²) in [6.07, 6.45) is 1.60. The minimum Gasteiger partial charge on any atom is -0.379 e. The van der Waals surface area contributed by atoms with Gasteiger partial charge < -0.3 is 4.74 Å². The number of hydrogen-bond acceptors (Lipinski definition) is 6. The quantitative estimate of drug-likeness (QED) is 0.878. The average molecular weight is 274 g/mol. The molecule has 1 aromatic heterocycles. The lowest BCUT2D eigenvalue weighted by atomic mass is 10.1. The molecular weight excluding hydrogens is 256 g/mol. The fourth-order valence-corrected chi connectivity index (χ4v) is 2.26. The fourth-order valence-electron chi connectivity index (χ4n) is 2.26. The lowest BCUT2D eigenvalue weighted by Gasteiger charge is -2.30. The second-order valence-electron chi connectivity index (χ2n) is 4.80. The Morgan fingerprint density at radius 3 is 2.90 bits per heavy atom. The van der Waals surface area contributed by atoms with Gasteiger partial charge in [0, 0.05) is 19.1 Å². The van der Waals surface area contributed by atoms with Crippen molar-refractivity contribution in [2.75, 3.05) is 26.3 Å². The van der Waals surface area contributed by atoms with Gasteiger partial charge in [0.15, 0.2) is 0 Å². The smallest absolute Gasteiger partial charge is 0.143 e. The molecule has 0 saturated carbocycles. The average Bonchev–Trinajstić information content (AvgIpc) is 3.03. The molecule has 7 nitrogen and oxygen atoms in total. The monoisotopic (exact) mass is 274 g/mol. The number of benzene rings is 1. The summed E-state index contributed by atoms with van der Waals surface area (Å²) in [5.74, 6) is 0. The summed E-state index contributed by atoms with van der Waals surface area (Å²) in [5, 5.41) is 13.4. The highest BCUT2D eigenvalue weighted by molar-refractivity contribution is 5.35. The molecule has 0 radical (unpaired) electrons. The van der Waals surface area contributed by atoms with Crippen molar-refractivity contribution in [2.24, 2.45) is 0 Å². The lowest BCUT2D eigenvalue weighted by molar-refractivity contribution is 0.00484. The Bertz CT molecular complexity index is 538. The number of nitrogens with one attached hydrogen (secondary N) is 1. The summed E-state index contributed by atoms with van der Waals surface area (Å²) in [4.78, 5) is 0. The summed E-state index contributed by atoms with van der Waals surface area (Å²) in [6.45, 7) is 5.54. The first-order valence-corrected chi connectivity index (χ1v) is 6.75. The van der Waals surface area contributed by atoms with Gasteiger partial charge in [-0.05, 0) is 35.0 Å². The van der Waals surface area contributed by atoms with E-state index >= 15 is 0 Å². The normalized spacial score (nSPS) is 18.1. The van der Waals surface area contributed by atoms with Gasteiger partial charge in [-0.2, -0.15) is 0 Å². The van der Waals surface area contributed by atoms with Gasteiger partial charge in [0.2, 0.25) is 0 Å². The van der Waals surface area contributed by atoms with E-state index in [1.165, 1.54) is 5.56 Å². The van der Waals surface area contributed by atoms with E-state index in [0.29, 0.717) is 0 Å². The number of rotatable bonds is 4. The Balaban J connectivity index is 1.71. The molecule has 1 N–H and O–H groups in total. The van der Waals surface area contributed by atoms with E-state index in [-0.39, 0.29) is 6.04 Å². The number of ether oxygens (including phenoxy) is 1. The summed E-state index contributed by atoms with van der Waals surface area (Å²) >= 11 is 0. The van der Waals surface area contributed by atoms with Gasteiger partial charge in [0.25, 0.3) is 0 Å². The Kier molecular flexibility index (Phi) is 4.00. The van der Waals surface area contributed by atoms with Crippen molar-refractivity contribution in [1.29, 1.82) is 0 Å². The van der Waals surface area contributed by atoms with Crippen molar-refractivity contribution in [1.82, 2.24) is 30.6 Å². The molecule has 20 heavy (non-hydrogen) atoms. The number of nitrogens with zero attached hydrogens (tertiary/aromatic N) is 5. The maximum Gasteiger partial charge on any atom is 0.143 e. The molecule has 1 aliphatic rings. The molecule has 0 spiro atoms. The molecule has 1 aromatic carbocycles. The van der Waals surface area contributed by atoms with Gasteiger partial charge in [0.05, 0.1) is 18.9 Å². The van der Waals surface area contributed by atoms with E-state index < -0.39 is 0 Å². The topological polar surface area (TPSA) is 68.1 Å². The van der Waals surface area contributed by atoms with Crippen molar-refractivity contribution in [3.63, 3.8) is 0 Å². The Hall–Kier alpha value is -1.83. The van der Waals surface area contributed by atoms with Crippen LogP contribution in [0.3, 0.4) is 0 Å². The molecule has 1 aliphatic heterocycles. The zero-order valence-electron chi connectivity index (χ0n) is 11.4. The molecule has 1 saturated heterocycles. The second-order valence-corrected chi connectivity index (χ2v) is 4.80. The standard InChI is InChI=1S/C13H18N6O/c1-11(15-18-5-7-20-8-6-18)12-3-2-4-13(9-12)19-10-14-16-17-19/h2-4,9-11,15H,5-8H2,1H3. The van der Waals surface area contributed by atoms with E-state index in [0.717, 1.165) is 32.0 Å². The second kappa shape index (κ2) is 6.08. The first-order chi connectivity index (χ1) is 9.83. The Labute approximate surface area is 117 Å². The third-order valence-electron chi connectivity index (χ3n) is 3.37. The third-order valence-corrected chi connectivity index (χ3v) is 3.37. The Morgan fingerprint density at radius 2 is 2.15 bits per heavy atom. The van der Waals surface area contributed by atoms with E-state index in [4.69, 9.17) is 4.74 Å². The van der Waals surface area contributed by atoms with Crippen LogP contribution in [0.1, 0.15) is 18.5 Å². The Morgan fingerprint density at radius 1 is 1.30 bits per heavy atom. The number of morpholine rings is 1. The third kappa shape index (κ3) is 3.01. The minimum absolute atomic E-state index is 0.226. The zero-order chi connectivity index (χ0) is 13.8. The van der Waals surface area contributed by atoms with Crippen molar-refractivity contribution in [2.45, 2.75) is 13.0 Å². The molecule has 1 fully saturated rings. The van der Waals surface area contributed by atoms with Gasteiger partial charge in [-0.1, -0.05) is 12.1 Å². The lowest BCUT2D eigenvalue weighted by Crippen LogP contribution is -2.46. The van der Waals surface area contributed by atoms with Gasteiger partial charge in [-0.3, -0.25) is 0 Å². The van der Waals surface area contributed by atoms with Crippen LogP contribution in [0.5, 0.6) is 0 Å². The highest BCUT2D eigenvalue weighted by Crippen LogP contribution is 2.16. The van der Waals surface area contributed by atoms with Crippen LogP contribution in [0.2, 0.25) is 0 Å². The summed E-state index contributed by atoms with van der Waals surface area (Å²) in [6, 6.07) is 8.43. The largest absolute Gasteiger partial charge is 0.379 e. The van der Waals surface area contributed by atoms with E-state index in [1.54, 1.807) is 11.0 Å². The van der Waals surface area contributed by atoms with Crippen LogP contribution >= 0.6 is 0 Å². The molecule has 0 aliphatic carbocycles. The van der Waals surface area contributed by atoms with Crippen LogP contribution in [-0.4, -0.2) is 51.5 Å². The number of hydrogen-bond donors (Lipinski definition) is 1. The molecule has 2 heterocycles. The number of aromatic nitrogens is 4. The molecule has 1 unspecified atom stereocenters. The van der Waals surface area contributed by atoms with Gasteiger partial charge >= 0.3 is 0 Å². The van der Waals surface area contributed by atoms with Crippen molar-refractivity contribution in [3.05, 3.63) is 36.2 Å². The maximum absolute atomic E-state index is 5.35. The van der Waals surface area contributed by atoms with Gasteiger partial charge in [0.1, 0.15) is 6.33 Å². The summed E-state index contributed by atoms with van der Waals surface area (Å²) in [7, 11) is 0. The molecule has 3 rings (SSSR count). The van der Waals surface area contributed by atoms with Crippen LogP contribution in [-0.2, 0) is 4.74 Å². The number of hydrazine groups is 1. The van der Waals surface area contributed by atoms with Gasteiger partial charge in [-0.15, -0.1) is 5.10 Å². The summed E-state index contributed by atoms with van der Waals surface area (Å²) in [5.41, 5.74) is 5.66. The molecular formula is C13H18N6O. The number of tetrazole rings is 1. The van der Waals surface area contributed by atoms with Crippen LogP contribution in [0.4, 0.5) is 0 Å². The summed E-state index contributed by atoms with van der Waals surface area (Å²) < 4.78 is 7.01. The molecule has 106 valence electrons. The minimum atomic E-state index is 0.226. The SMILES string of the molecule is CC(NN1CCOCC1)c1cccc(-n2cnnn2)c1. The first kappa shape index (κ1) is 13.2. The fraction of sp³-hybridized carbons (Fsp3) is 0.462. The first-order valence-electron chi connectivity index (χ1n) is 6.75. The molecule has 0 amide bonds. The van der Waals surface area contributed by atoms with E-state index in [1.807, 2.05) is 12.1 Å². The van der Waals surface area contributed by atoms with Crippen LogP contribution < -0.4 is 5.43 Å². The van der Waals surface area contributed by atoms with E-state index in [9.17, 15) is 0 Å². The van der Waals surface area contributed by atoms with E-state index in [2.05, 4.69) is 45.0 Å². The molecule has 7 heteroatoms. The van der Waals surface area contributed by atoms with Crippen molar-refractivity contribution < 1.29 is 4.74 Å². The molecule has 1 atom stereocenters. The highest BCUT2D eigenvalue weighted by atomic mass is 16.5. The predicted molar refractivity (Wildman–Crippen MR) is 73.1 cm³/mol. The van der Waals surface area contributed by atoms with Crippen molar-refractivity contribution >= 4 is 0 Å². The highest BCUT2D eigenvalue weighted by Gasteiger charge is 2.14. The van der Waals surface area contributed by atoms with Gasteiger partial charge in [-0.25, -0.2) is 15.1 Å².